The summed E-state index contributed by atoms with van der Waals surface area (Å²) in [5.74, 6) is -0.883. The summed E-state index contributed by atoms with van der Waals surface area (Å²) in [7, 11) is -3.07. The number of carbonyl (C=O) groups is 2. The van der Waals surface area contributed by atoms with E-state index in [1.54, 1.807) is 12.1 Å². The summed E-state index contributed by atoms with van der Waals surface area (Å²) < 4.78 is 22.9. The summed E-state index contributed by atoms with van der Waals surface area (Å²) in [5.41, 5.74) is 0.393. The number of amides is 2. The Labute approximate surface area is 136 Å². The third kappa shape index (κ3) is 4.31. The second-order valence-electron chi connectivity index (χ2n) is 6.52. The van der Waals surface area contributed by atoms with Crippen LogP contribution in [0, 0.1) is 12.3 Å². The first-order valence-electron chi connectivity index (χ1n) is 7.50. The van der Waals surface area contributed by atoms with Gasteiger partial charge in [-0.05, 0) is 39.3 Å². The second-order valence-corrected chi connectivity index (χ2v) is 8.75. The molecule has 0 bridgehead atoms. The van der Waals surface area contributed by atoms with E-state index in [4.69, 9.17) is 0 Å². The zero-order valence-electron chi connectivity index (χ0n) is 13.5. The smallest absolute Gasteiger partial charge is 0.239 e. The molecule has 2 rings (SSSR count). The van der Waals surface area contributed by atoms with Gasteiger partial charge in [-0.1, -0.05) is 17.7 Å². The predicted molar refractivity (Wildman–Crippen MR) is 88.8 cm³/mol. The average Bonchev–Trinajstić information content (AvgIpc) is 2.80. The van der Waals surface area contributed by atoms with Crippen molar-refractivity contribution >= 4 is 27.3 Å². The Balaban J connectivity index is 2.00. The van der Waals surface area contributed by atoms with Crippen LogP contribution < -0.4 is 10.6 Å². The van der Waals surface area contributed by atoms with E-state index in [0.29, 0.717) is 12.1 Å². The molecule has 1 aromatic carbocycles. The van der Waals surface area contributed by atoms with Gasteiger partial charge in [-0.3, -0.25) is 9.59 Å². The summed E-state index contributed by atoms with van der Waals surface area (Å²) in [6.07, 6.45) is 0.393. The van der Waals surface area contributed by atoms with Crippen molar-refractivity contribution < 1.29 is 18.0 Å². The minimum atomic E-state index is -3.07. The minimum Gasteiger partial charge on any atom is -0.351 e. The van der Waals surface area contributed by atoms with Crippen LogP contribution in [0.4, 0.5) is 5.69 Å². The maximum absolute atomic E-state index is 12.4. The van der Waals surface area contributed by atoms with Crippen molar-refractivity contribution in [2.75, 3.05) is 16.8 Å². The van der Waals surface area contributed by atoms with Gasteiger partial charge in [0.2, 0.25) is 11.8 Å². The van der Waals surface area contributed by atoms with E-state index in [-0.39, 0.29) is 11.5 Å². The maximum atomic E-state index is 12.4. The Morgan fingerprint density at radius 1 is 1.13 bits per heavy atom. The topological polar surface area (TPSA) is 92.3 Å². The highest BCUT2D eigenvalue weighted by Gasteiger charge is 2.39. The third-order valence-corrected chi connectivity index (χ3v) is 5.78. The molecule has 1 fully saturated rings. The fourth-order valence-corrected chi connectivity index (χ4v) is 3.98. The first-order valence-corrected chi connectivity index (χ1v) is 9.32. The molecular formula is C16H22N2O4S. The van der Waals surface area contributed by atoms with Crippen LogP contribution in [0.15, 0.2) is 24.3 Å². The van der Waals surface area contributed by atoms with E-state index in [0.717, 1.165) is 5.56 Å². The standard InChI is InChI=1S/C16H22N2O4S/c1-11-4-6-12(7-5-11)17-14(19)16(2,3)15(20)18-13-8-9-23(21,22)10-13/h4-7,13H,8-10H2,1-3H3,(H,17,19)(H,18,20). The molecule has 0 spiro atoms. The summed E-state index contributed by atoms with van der Waals surface area (Å²) >= 11 is 0. The molecule has 2 amide bonds. The maximum Gasteiger partial charge on any atom is 0.239 e. The first kappa shape index (κ1) is 17.5. The van der Waals surface area contributed by atoms with Gasteiger partial charge in [-0.15, -0.1) is 0 Å². The number of sulfone groups is 1. The van der Waals surface area contributed by atoms with Gasteiger partial charge in [0.25, 0.3) is 0 Å². The van der Waals surface area contributed by atoms with Gasteiger partial charge in [0, 0.05) is 11.7 Å². The molecule has 1 aromatic rings. The summed E-state index contributed by atoms with van der Waals surface area (Å²) in [4.78, 5) is 24.7. The van der Waals surface area contributed by atoms with Crippen molar-refractivity contribution in [2.24, 2.45) is 5.41 Å². The molecule has 1 saturated heterocycles. The minimum absolute atomic E-state index is 0.0611. The molecule has 0 radical (unpaired) electrons. The van der Waals surface area contributed by atoms with Gasteiger partial charge in [0.05, 0.1) is 11.5 Å². The molecule has 0 aromatic heterocycles. The highest BCUT2D eigenvalue weighted by Crippen LogP contribution is 2.21. The Morgan fingerprint density at radius 2 is 1.74 bits per heavy atom. The third-order valence-electron chi connectivity index (χ3n) is 4.01. The van der Waals surface area contributed by atoms with Gasteiger partial charge in [0.1, 0.15) is 5.41 Å². The van der Waals surface area contributed by atoms with Crippen LogP contribution in [0.5, 0.6) is 0 Å². The van der Waals surface area contributed by atoms with Crippen molar-refractivity contribution in [2.45, 2.75) is 33.2 Å². The number of carbonyl (C=O) groups excluding carboxylic acids is 2. The van der Waals surface area contributed by atoms with E-state index < -0.39 is 33.1 Å². The molecule has 0 saturated carbocycles. The SMILES string of the molecule is Cc1ccc(NC(=O)C(C)(C)C(=O)NC2CCS(=O)(=O)C2)cc1. The Bertz CT molecular complexity index is 708. The monoisotopic (exact) mass is 338 g/mol. The van der Waals surface area contributed by atoms with E-state index in [1.165, 1.54) is 13.8 Å². The molecule has 126 valence electrons. The van der Waals surface area contributed by atoms with E-state index in [2.05, 4.69) is 10.6 Å². The molecule has 1 aliphatic heterocycles. The van der Waals surface area contributed by atoms with Crippen LogP contribution in [0.1, 0.15) is 25.8 Å². The number of nitrogens with one attached hydrogen (secondary N) is 2. The average molecular weight is 338 g/mol. The summed E-state index contributed by atoms with van der Waals surface area (Å²) in [5, 5.41) is 5.39. The van der Waals surface area contributed by atoms with Crippen LogP contribution in [-0.4, -0.2) is 37.8 Å². The highest BCUT2D eigenvalue weighted by atomic mass is 32.2. The molecular weight excluding hydrogens is 316 g/mol. The number of anilines is 1. The fraction of sp³-hybridized carbons (Fsp3) is 0.500. The Kier molecular flexibility index (Phi) is 4.79. The van der Waals surface area contributed by atoms with Crippen molar-refractivity contribution in [1.29, 1.82) is 0 Å². The van der Waals surface area contributed by atoms with E-state index >= 15 is 0 Å². The lowest BCUT2D eigenvalue weighted by atomic mass is 9.90. The molecule has 1 unspecified atom stereocenters. The lowest BCUT2D eigenvalue weighted by Crippen LogP contribution is -2.48. The molecule has 1 atom stereocenters. The quantitative estimate of drug-likeness (QED) is 0.809. The van der Waals surface area contributed by atoms with Gasteiger partial charge in [0.15, 0.2) is 9.84 Å². The largest absolute Gasteiger partial charge is 0.351 e. The normalized spacial score (nSPS) is 20.0. The van der Waals surface area contributed by atoms with Gasteiger partial charge in [-0.25, -0.2) is 8.42 Å². The van der Waals surface area contributed by atoms with Gasteiger partial charge < -0.3 is 10.6 Å². The molecule has 7 heteroatoms. The van der Waals surface area contributed by atoms with Crippen LogP contribution in [0.3, 0.4) is 0 Å². The highest BCUT2D eigenvalue weighted by molar-refractivity contribution is 7.91. The predicted octanol–water partition coefficient (Wildman–Crippen LogP) is 1.26. The zero-order chi connectivity index (χ0) is 17.3. The van der Waals surface area contributed by atoms with Crippen LogP contribution in [0.2, 0.25) is 0 Å². The Hall–Kier alpha value is -1.89. The molecule has 6 nitrogen and oxygen atoms in total. The second kappa shape index (κ2) is 6.31. The van der Waals surface area contributed by atoms with E-state index in [1.807, 2.05) is 19.1 Å². The van der Waals surface area contributed by atoms with Crippen molar-refractivity contribution in [3.63, 3.8) is 0 Å². The van der Waals surface area contributed by atoms with Crippen LogP contribution in [-0.2, 0) is 19.4 Å². The summed E-state index contributed by atoms with van der Waals surface area (Å²) in [6, 6.07) is 6.85. The molecule has 1 aliphatic rings. The Morgan fingerprint density at radius 3 is 2.26 bits per heavy atom. The molecule has 0 aliphatic carbocycles. The van der Waals surface area contributed by atoms with Crippen molar-refractivity contribution in [3.05, 3.63) is 29.8 Å². The van der Waals surface area contributed by atoms with Crippen LogP contribution >= 0.6 is 0 Å². The molecule has 1 heterocycles. The van der Waals surface area contributed by atoms with E-state index in [9.17, 15) is 18.0 Å². The summed E-state index contributed by atoms with van der Waals surface area (Å²) in [6.45, 7) is 4.99. The van der Waals surface area contributed by atoms with Gasteiger partial charge in [-0.2, -0.15) is 0 Å². The first-order chi connectivity index (χ1) is 10.6. The van der Waals surface area contributed by atoms with Crippen LogP contribution in [0.25, 0.3) is 0 Å². The fourth-order valence-electron chi connectivity index (χ4n) is 2.30. The number of hydrogen-bond donors (Lipinski definition) is 2. The lowest BCUT2D eigenvalue weighted by Gasteiger charge is -2.24. The zero-order valence-corrected chi connectivity index (χ0v) is 14.4. The number of rotatable bonds is 4. The number of hydrogen-bond acceptors (Lipinski definition) is 4. The molecule has 2 N–H and O–H groups in total. The number of aryl methyl sites for hydroxylation is 1. The van der Waals surface area contributed by atoms with Crippen molar-refractivity contribution in [1.82, 2.24) is 5.32 Å². The number of benzene rings is 1. The molecule has 23 heavy (non-hydrogen) atoms. The van der Waals surface area contributed by atoms with Gasteiger partial charge >= 0.3 is 0 Å². The lowest BCUT2D eigenvalue weighted by molar-refractivity contribution is -0.138. The van der Waals surface area contributed by atoms with Crippen molar-refractivity contribution in [3.8, 4) is 0 Å².